The maximum atomic E-state index is 11.6. The van der Waals surface area contributed by atoms with Gasteiger partial charge in [0.15, 0.2) is 11.5 Å². The van der Waals surface area contributed by atoms with E-state index in [9.17, 15) is 4.79 Å². The third-order valence-corrected chi connectivity index (χ3v) is 3.16. The number of hydrogen-bond donors (Lipinski definition) is 1. The molecule has 0 aliphatic carbocycles. The lowest BCUT2D eigenvalue weighted by Gasteiger charge is -2.21. The van der Waals surface area contributed by atoms with Crippen LogP contribution in [0.5, 0.6) is 17.2 Å². The molecule has 0 spiro atoms. The van der Waals surface area contributed by atoms with Crippen LogP contribution in [0.15, 0.2) is 12.1 Å². The number of carbonyl (C=O) groups is 1. The third kappa shape index (κ3) is 4.26. The first kappa shape index (κ1) is 17.1. The minimum atomic E-state index is -0.294. The van der Waals surface area contributed by atoms with Gasteiger partial charge in [0.2, 0.25) is 0 Å². The van der Waals surface area contributed by atoms with E-state index >= 15 is 0 Å². The van der Waals surface area contributed by atoms with Crippen LogP contribution in [-0.4, -0.2) is 41.0 Å². The predicted octanol–water partition coefficient (Wildman–Crippen LogP) is 1.93. The summed E-state index contributed by atoms with van der Waals surface area (Å²) in [4.78, 5) is 11.6. The molecule has 0 radical (unpaired) electrons. The summed E-state index contributed by atoms with van der Waals surface area (Å²) in [6.07, 6.45) is 0.205. The molecule has 0 bridgehead atoms. The zero-order chi connectivity index (χ0) is 15.8. The Hall–Kier alpha value is -1.95. The second kappa shape index (κ2) is 8.36. The Kier molecular flexibility index (Phi) is 6.81. The Morgan fingerprint density at radius 1 is 1.05 bits per heavy atom. The summed E-state index contributed by atoms with van der Waals surface area (Å²) in [6, 6.07) is 3.33. The maximum Gasteiger partial charge on any atom is 0.307 e. The van der Waals surface area contributed by atoms with Gasteiger partial charge in [0.25, 0.3) is 0 Å². The van der Waals surface area contributed by atoms with E-state index in [1.807, 2.05) is 13.0 Å². The minimum Gasteiger partial charge on any atom is -0.496 e. The molecular formula is C15H23NO5. The molecule has 0 saturated carbocycles. The van der Waals surface area contributed by atoms with Crippen LogP contribution >= 0.6 is 0 Å². The smallest absolute Gasteiger partial charge is 0.307 e. The van der Waals surface area contributed by atoms with Gasteiger partial charge in [0, 0.05) is 17.7 Å². The topological polar surface area (TPSA) is 66.0 Å². The van der Waals surface area contributed by atoms with Crippen LogP contribution in [0.4, 0.5) is 0 Å². The quantitative estimate of drug-likeness (QED) is 0.740. The number of benzene rings is 1. The number of rotatable bonds is 8. The molecule has 1 aromatic rings. The molecule has 1 aromatic carbocycles. The van der Waals surface area contributed by atoms with E-state index in [1.54, 1.807) is 27.4 Å². The molecule has 0 aliphatic rings. The van der Waals surface area contributed by atoms with Crippen molar-refractivity contribution in [3.8, 4) is 17.2 Å². The Morgan fingerprint density at radius 3 is 2.10 bits per heavy atom. The van der Waals surface area contributed by atoms with Crippen LogP contribution < -0.4 is 19.5 Å². The van der Waals surface area contributed by atoms with Crippen LogP contribution in [0.25, 0.3) is 0 Å². The van der Waals surface area contributed by atoms with E-state index in [0.717, 1.165) is 5.56 Å². The van der Waals surface area contributed by atoms with E-state index in [4.69, 9.17) is 18.9 Å². The largest absolute Gasteiger partial charge is 0.496 e. The number of ether oxygens (including phenoxy) is 4. The summed E-state index contributed by atoms with van der Waals surface area (Å²) in [6.45, 7) is 2.68. The summed E-state index contributed by atoms with van der Waals surface area (Å²) in [5, 5.41) is 3.25. The van der Waals surface area contributed by atoms with E-state index in [0.29, 0.717) is 23.8 Å². The lowest BCUT2D eigenvalue weighted by molar-refractivity contribution is -0.141. The van der Waals surface area contributed by atoms with Crippen LogP contribution in [0, 0.1) is 0 Å². The van der Waals surface area contributed by atoms with Gasteiger partial charge >= 0.3 is 5.97 Å². The summed E-state index contributed by atoms with van der Waals surface area (Å²) < 4.78 is 20.7. The van der Waals surface area contributed by atoms with Crippen molar-refractivity contribution >= 4 is 5.97 Å². The summed E-state index contributed by atoms with van der Waals surface area (Å²) in [5.74, 6) is 1.49. The Balaban J connectivity index is 3.24. The van der Waals surface area contributed by atoms with E-state index in [2.05, 4.69) is 5.32 Å². The van der Waals surface area contributed by atoms with Gasteiger partial charge in [-0.1, -0.05) is 6.92 Å². The highest BCUT2D eigenvalue weighted by Crippen LogP contribution is 2.38. The molecule has 0 fully saturated rings. The lowest BCUT2D eigenvalue weighted by Crippen LogP contribution is -2.24. The van der Waals surface area contributed by atoms with Crippen molar-refractivity contribution in [2.45, 2.75) is 19.4 Å². The molecule has 6 nitrogen and oxygen atoms in total. The van der Waals surface area contributed by atoms with Crippen molar-refractivity contribution in [3.63, 3.8) is 0 Å². The standard InChI is InChI=1S/C15H23NO5/c1-6-16-11(8-15(17)21-5)10-7-13(19-3)14(20-4)9-12(10)18-2/h7,9,11,16H,6,8H2,1-5H3. The second-order valence-electron chi connectivity index (χ2n) is 4.34. The molecule has 0 amide bonds. The molecule has 1 atom stereocenters. The highest BCUT2D eigenvalue weighted by Gasteiger charge is 2.22. The average molecular weight is 297 g/mol. The fourth-order valence-corrected chi connectivity index (χ4v) is 2.11. The highest BCUT2D eigenvalue weighted by molar-refractivity contribution is 5.70. The maximum absolute atomic E-state index is 11.6. The van der Waals surface area contributed by atoms with Gasteiger partial charge < -0.3 is 24.3 Å². The monoisotopic (exact) mass is 297 g/mol. The van der Waals surface area contributed by atoms with Crippen molar-refractivity contribution in [2.24, 2.45) is 0 Å². The van der Waals surface area contributed by atoms with Gasteiger partial charge in [0.1, 0.15) is 5.75 Å². The van der Waals surface area contributed by atoms with Crippen molar-refractivity contribution in [1.29, 1.82) is 0 Å². The first-order valence-corrected chi connectivity index (χ1v) is 6.71. The molecular weight excluding hydrogens is 274 g/mol. The first-order valence-electron chi connectivity index (χ1n) is 6.71. The van der Waals surface area contributed by atoms with E-state index < -0.39 is 0 Å². The van der Waals surface area contributed by atoms with Gasteiger partial charge in [-0.2, -0.15) is 0 Å². The molecule has 118 valence electrons. The number of nitrogens with one attached hydrogen (secondary N) is 1. The van der Waals surface area contributed by atoms with Gasteiger partial charge in [-0.15, -0.1) is 0 Å². The van der Waals surface area contributed by atoms with E-state index in [1.165, 1.54) is 7.11 Å². The molecule has 0 heterocycles. The molecule has 0 aromatic heterocycles. The van der Waals surface area contributed by atoms with E-state index in [-0.39, 0.29) is 18.4 Å². The van der Waals surface area contributed by atoms with Crippen molar-refractivity contribution in [2.75, 3.05) is 35.0 Å². The van der Waals surface area contributed by atoms with Crippen LogP contribution in [0.3, 0.4) is 0 Å². The molecule has 6 heteroatoms. The highest BCUT2D eigenvalue weighted by atomic mass is 16.5. The van der Waals surface area contributed by atoms with Crippen molar-refractivity contribution < 1.29 is 23.7 Å². The SMILES string of the molecule is CCNC(CC(=O)OC)c1cc(OC)c(OC)cc1OC. The third-order valence-electron chi connectivity index (χ3n) is 3.16. The number of hydrogen-bond acceptors (Lipinski definition) is 6. The van der Waals surface area contributed by atoms with Gasteiger partial charge in [-0.3, -0.25) is 4.79 Å². The Bertz CT molecular complexity index is 475. The first-order chi connectivity index (χ1) is 10.1. The number of esters is 1. The molecule has 1 N–H and O–H groups in total. The number of carbonyl (C=O) groups excluding carboxylic acids is 1. The molecule has 21 heavy (non-hydrogen) atoms. The Labute approximate surface area is 125 Å². The predicted molar refractivity (Wildman–Crippen MR) is 79.1 cm³/mol. The number of methoxy groups -OCH3 is 4. The fraction of sp³-hybridized carbons (Fsp3) is 0.533. The summed E-state index contributed by atoms with van der Waals surface area (Å²) in [5.41, 5.74) is 0.822. The zero-order valence-electron chi connectivity index (χ0n) is 13.2. The fourth-order valence-electron chi connectivity index (χ4n) is 2.11. The van der Waals surface area contributed by atoms with Crippen LogP contribution in [0.2, 0.25) is 0 Å². The van der Waals surface area contributed by atoms with Crippen LogP contribution in [0.1, 0.15) is 24.9 Å². The minimum absolute atomic E-state index is 0.205. The summed E-state index contributed by atoms with van der Waals surface area (Å²) >= 11 is 0. The zero-order valence-corrected chi connectivity index (χ0v) is 13.2. The molecule has 0 aliphatic heterocycles. The Morgan fingerprint density at radius 2 is 1.62 bits per heavy atom. The van der Waals surface area contributed by atoms with Gasteiger partial charge in [-0.25, -0.2) is 0 Å². The molecule has 1 unspecified atom stereocenters. The normalized spacial score (nSPS) is 11.7. The van der Waals surface area contributed by atoms with Crippen molar-refractivity contribution in [3.05, 3.63) is 17.7 Å². The summed E-state index contributed by atoms with van der Waals surface area (Å²) in [7, 11) is 6.08. The molecule has 0 saturated heterocycles. The van der Waals surface area contributed by atoms with Gasteiger partial charge in [-0.05, 0) is 12.6 Å². The average Bonchev–Trinajstić information content (AvgIpc) is 2.52. The van der Waals surface area contributed by atoms with Gasteiger partial charge in [0.05, 0.1) is 34.9 Å². The van der Waals surface area contributed by atoms with Crippen molar-refractivity contribution in [1.82, 2.24) is 5.32 Å². The lowest BCUT2D eigenvalue weighted by atomic mass is 10.0. The second-order valence-corrected chi connectivity index (χ2v) is 4.34. The van der Waals surface area contributed by atoms with Crippen LogP contribution in [-0.2, 0) is 9.53 Å². The molecule has 1 rings (SSSR count).